The quantitative estimate of drug-likeness (QED) is 0.691. The standard InChI is InChI=1S/C8H16OS2/c1-4-11-8(10)5-7(9)6(2)3/h6-7,9H,4-5H2,1-3H3. The summed E-state index contributed by atoms with van der Waals surface area (Å²) >= 11 is 6.70. The van der Waals surface area contributed by atoms with Crippen LogP contribution in [0.2, 0.25) is 0 Å². The third-order valence-corrected chi connectivity index (χ3v) is 2.75. The van der Waals surface area contributed by atoms with E-state index in [9.17, 15) is 5.11 Å². The Bertz CT molecular complexity index is 123. The monoisotopic (exact) mass is 192 g/mol. The van der Waals surface area contributed by atoms with Crippen molar-refractivity contribution >= 4 is 28.2 Å². The molecule has 0 aromatic rings. The summed E-state index contributed by atoms with van der Waals surface area (Å²) in [6.07, 6.45) is 0.396. The van der Waals surface area contributed by atoms with E-state index in [2.05, 4.69) is 6.92 Å². The maximum atomic E-state index is 9.42. The average molecular weight is 192 g/mol. The van der Waals surface area contributed by atoms with E-state index in [-0.39, 0.29) is 6.10 Å². The fourth-order valence-electron chi connectivity index (χ4n) is 0.626. The topological polar surface area (TPSA) is 20.2 Å². The molecular formula is C8H16OS2. The summed E-state index contributed by atoms with van der Waals surface area (Å²) in [5.41, 5.74) is 0. The summed E-state index contributed by atoms with van der Waals surface area (Å²) in [5.74, 6) is 1.31. The van der Waals surface area contributed by atoms with Crippen molar-refractivity contribution < 1.29 is 5.11 Å². The highest BCUT2D eigenvalue weighted by Crippen LogP contribution is 2.13. The number of thiocarbonyl (C=S) groups is 1. The third-order valence-electron chi connectivity index (χ3n) is 1.45. The number of aliphatic hydroxyl groups is 1. The van der Waals surface area contributed by atoms with Gasteiger partial charge in [-0.25, -0.2) is 0 Å². The minimum Gasteiger partial charge on any atom is -0.392 e. The molecule has 0 radical (unpaired) electrons. The van der Waals surface area contributed by atoms with E-state index in [1.807, 2.05) is 13.8 Å². The molecule has 0 aromatic heterocycles. The van der Waals surface area contributed by atoms with Gasteiger partial charge < -0.3 is 5.11 Å². The fraction of sp³-hybridized carbons (Fsp3) is 0.875. The Kier molecular flexibility index (Phi) is 6.19. The Morgan fingerprint density at radius 3 is 2.45 bits per heavy atom. The molecule has 0 saturated carbocycles. The molecule has 0 aliphatic rings. The van der Waals surface area contributed by atoms with Gasteiger partial charge in [0.05, 0.1) is 10.3 Å². The van der Waals surface area contributed by atoms with Gasteiger partial charge in [0.25, 0.3) is 0 Å². The van der Waals surface area contributed by atoms with Gasteiger partial charge in [0, 0.05) is 6.42 Å². The first-order valence-corrected chi connectivity index (χ1v) is 5.31. The van der Waals surface area contributed by atoms with Crippen molar-refractivity contribution in [2.75, 3.05) is 5.75 Å². The molecule has 1 unspecified atom stereocenters. The Morgan fingerprint density at radius 1 is 1.55 bits per heavy atom. The van der Waals surface area contributed by atoms with Crippen molar-refractivity contribution in [3.8, 4) is 0 Å². The molecule has 0 aromatic carbocycles. The summed E-state index contributed by atoms with van der Waals surface area (Å²) in [5, 5.41) is 9.42. The highest BCUT2D eigenvalue weighted by atomic mass is 32.2. The third kappa shape index (κ3) is 5.65. The van der Waals surface area contributed by atoms with Crippen LogP contribution in [0.15, 0.2) is 0 Å². The van der Waals surface area contributed by atoms with Gasteiger partial charge in [-0.2, -0.15) is 0 Å². The lowest BCUT2D eigenvalue weighted by Crippen LogP contribution is -2.17. The van der Waals surface area contributed by atoms with Crippen LogP contribution in [0.5, 0.6) is 0 Å². The van der Waals surface area contributed by atoms with Crippen molar-refractivity contribution in [3.63, 3.8) is 0 Å². The van der Waals surface area contributed by atoms with Crippen molar-refractivity contribution in [2.45, 2.75) is 33.3 Å². The van der Waals surface area contributed by atoms with E-state index in [1.165, 1.54) is 0 Å². The van der Waals surface area contributed by atoms with Crippen molar-refractivity contribution in [2.24, 2.45) is 5.92 Å². The van der Waals surface area contributed by atoms with Crippen LogP contribution in [0.3, 0.4) is 0 Å². The van der Waals surface area contributed by atoms with Crippen LogP contribution in [0, 0.1) is 5.92 Å². The van der Waals surface area contributed by atoms with Crippen LogP contribution in [-0.4, -0.2) is 21.2 Å². The maximum Gasteiger partial charge on any atom is 0.0616 e. The highest BCUT2D eigenvalue weighted by molar-refractivity contribution is 8.23. The van der Waals surface area contributed by atoms with Crippen LogP contribution in [0.1, 0.15) is 27.2 Å². The predicted octanol–water partition coefficient (Wildman–Crippen LogP) is 2.47. The second kappa shape index (κ2) is 5.98. The minimum absolute atomic E-state index is 0.262. The van der Waals surface area contributed by atoms with E-state index in [1.54, 1.807) is 11.8 Å². The molecule has 1 atom stereocenters. The van der Waals surface area contributed by atoms with Gasteiger partial charge in [0.15, 0.2) is 0 Å². The number of aliphatic hydroxyl groups excluding tert-OH is 1. The number of hydrogen-bond acceptors (Lipinski definition) is 3. The van der Waals surface area contributed by atoms with Crippen LogP contribution in [0.4, 0.5) is 0 Å². The highest BCUT2D eigenvalue weighted by Gasteiger charge is 2.11. The first kappa shape index (κ1) is 11.4. The Labute approximate surface area is 78.6 Å². The lowest BCUT2D eigenvalue weighted by atomic mass is 10.1. The molecule has 0 amide bonds. The zero-order valence-corrected chi connectivity index (χ0v) is 8.97. The molecule has 0 aliphatic carbocycles. The number of rotatable bonds is 4. The summed E-state index contributed by atoms with van der Waals surface area (Å²) in [6, 6.07) is 0. The first-order valence-electron chi connectivity index (χ1n) is 3.91. The van der Waals surface area contributed by atoms with E-state index in [0.29, 0.717) is 12.3 Å². The molecule has 0 saturated heterocycles. The van der Waals surface area contributed by atoms with Gasteiger partial charge in [-0.05, 0) is 11.7 Å². The van der Waals surface area contributed by atoms with E-state index >= 15 is 0 Å². The summed E-state index contributed by atoms with van der Waals surface area (Å²) in [6.45, 7) is 6.08. The molecule has 1 nitrogen and oxygen atoms in total. The fourth-order valence-corrected chi connectivity index (χ4v) is 1.76. The van der Waals surface area contributed by atoms with Gasteiger partial charge >= 0.3 is 0 Å². The minimum atomic E-state index is -0.262. The van der Waals surface area contributed by atoms with Crippen LogP contribution in [-0.2, 0) is 0 Å². The number of hydrogen-bond donors (Lipinski definition) is 1. The summed E-state index contributed by atoms with van der Waals surface area (Å²) in [7, 11) is 0. The molecule has 11 heavy (non-hydrogen) atoms. The first-order chi connectivity index (χ1) is 5.07. The van der Waals surface area contributed by atoms with E-state index in [4.69, 9.17) is 12.2 Å². The second-order valence-electron chi connectivity index (χ2n) is 2.82. The SMILES string of the molecule is CCSC(=S)CC(O)C(C)C. The predicted molar refractivity (Wildman–Crippen MR) is 56.2 cm³/mol. The van der Waals surface area contributed by atoms with Gasteiger partial charge in [0.1, 0.15) is 0 Å². The van der Waals surface area contributed by atoms with Crippen molar-refractivity contribution in [1.82, 2.24) is 0 Å². The molecule has 3 heteroatoms. The lowest BCUT2D eigenvalue weighted by Gasteiger charge is -2.13. The summed E-state index contributed by atoms with van der Waals surface area (Å²) < 4.78 is 0.925. The van der Waals surface area contributed by atoms with Crippen molar-refractivity contribution in [3.05, 3.63) is 0 Å². The smallest absolute Gasteiger partial charge is 0.0616 e. The molecule has 66 valence electrons. The van der Waals surface area contributed by atoms with Crippen LogP contribution >= 0.6 is 24.0 Å². The zero-order valence-electron chi connectivity index (χ0n) is 7.33. The molecule has 0 spiro atoms. The second-order valence-corrected chi connectivity index (χ2v) is 4.93. The van der Waals surface area contributed by atoms with Crippen LogP contribution < -0.4 is 0 Å². The molecule has 0 fully saturated rings. The van der Waals surface area contributed by atoms with Gasteiger partial charge in [0.2, 0.25) is 0 Å². The molecule has 1 N–H and O–H groups in total. The molecule has 0 rings (SSSR count). The largest absolute Gasteiger partial charge is 0.392 e. The molecule has 0 aliphatic heterocycles. The molecule has 0 bridgehead atoms. The lowest BCUT2D eigenvalue weighted by molar-refractivity contribution is 0.134. The number of thioether (sulfide) groups is 1. The average Bonchev–Trinajstić information content (AvgIpc) is 1.87. The maximum absolute atomic E-state index is 9.42. The normalized spacial score (nSPS) is 13.5. The Morgan fingerprint density at radius 2 is 2.09 bits per heavy atom. The van der Waals surface area contributed by atoms with Gasteiger partial charge in [-0.1, -0.05) is 33.0 Å². The van der Waals surface area contributed by atoms with Gasteiger partial charge in [-0.15, -0.1) is 11.8 Å². The van der Waals surface area contributed by atoms with Gasteiger partial charge in [-0.3, -0.25) is 0 Å². The summed E-state index contributed by atoms with van der Waals surface area (Å²) in [4.78, 5) is 0. The van der Waals surface area contributed by atoms with Crippen molar-refractivity contribution in [1.29, 1.82) is 0 Å². The Balaban J connectivity index is 3.57. The van der Waals surface area contributed by atoms with E-state index in [0.717, 1.165) is 9.95 Å². The molecular weight excluding hydrogens is 176 g/mol. The molecule has 0 heterocycles. The Hall–Kier alpha value is 0.400. The van der Waals surface area contributed by atoms with E-state index < -0.39 is 0 Å². The zero-order chi connectivity index (χ0) is 8.85. The van der Waals surface area contributed by atoms with Crippen LogP contribution in [0.25, 0.3) is 0 Å².